The highest BCUT2D eigenvalue weighted by atomic mass is 16.2. The van der Waals surface area contributed by atoms with Crippen molar-refractivity contribution < 1.29 is 9.59 Å². The van der Waals surface area contributed by atoms with E-state index in [1.165, 1.54) is 0 Å². The molecule has 2 N–H and O–H groups in total. The molecular formula is C19H18N4O2. The molecule has 0 saturated heterocycles. The molecule has 3 aromatic rings. The molecule has 1 atom stereocenters. The lowest BCUT2D eigenvalue weighted by molar-refractivity contribution is -0.122. The van der Waals surface area contributed by atoms with Crippen LogP contribution in [0.2, 0.25) is 0 Å². The number of benzene rings is 2. The minimum absolute atomic E-state index is 0.268. The minimum atomic E-state index is -0.664. The Morgan fingerprint density at radius 1 is 1.08 bits per heavy atom. The van der Waals surface area contributed by atoms with Gasteiger partial charge >= 0.3 is 0 Å². The van der Waals surface area contributed by atoms with E-state index in [9.17, 15) is 9.59 Å². The first-order valence-corrected chi connectivity index (χ1v) is 8.15. The standard InChI is InChI=1S/C19H18N4O2/c1-22-15-9-5-4-8-14(15)17(21-22)19(25)23-11-13-7-3-2-6-12(13)10-16(23)18(20)24/h2-9,16H,10-11H2,1H3,(H2,20,24)/t16-/m0/s1. The summed E-state index contributed by atoms with van der Waals surface area (Å²) in [5, 5.41) is 5.16. The molecule has 0 unspecified atom stereocenters. The van der Waals surface area contributed by atoms with Crippen LogP contribution in [0.5, 0.6) is 0 Å². The number of amides is 2. The van der Waals surface area contributed by atoms with E-state index in [0.29, 0.717) is 18.7 Å². The van der Waals surface area contributed by atoms with Crippen molar-refractivity contribution in [1.82, 2.24) is 14.7 Å². The van der Waals surface area contributed by atoms with Gasteiger partial charge in [0.2, 0.25) is 5.91 Å². The Hall–Kier alpha value is -3.15. The Kier molecular flexibility index (Phi) is 3.53. The number of nitrogens with two attached hydrogens (primary N) is 1. The molecule has 0 bridgehead atoms. The zero-order valence-corrected chi connectivity index (χ0v) is 13.8. The van der Waals surface area contributed by atoms with Crippen LogP contribution >= 0.6 is 0 Å². The fourth-order valence-electron chi connectivity index (χ4n) is 3.50. The molecule has 0 radical (unpaired) electrons. The lowest BCUT2D eigenvalue weighted by atomic mass is 9.93. The molecule has 0 saturated carbocycles. The smallest absolute Gasteiger partial charge is 0.275 e. The monoisotopic (exact) mass is 334 g/mol. The lowest BCUT2D eigenvalue weighted by Crippen LogP contribution is -2.51. The molecule has 0 fully saturated rings. The highest BCUT2D eigenvalue weighted by Crippen LogP contribution is 2.27. The summed E-state index contributed by atoms with van der Waals surface area (Å²) in [6.07, 6.45) is 0.433. The van der Waals surface area contributed by atoms with Crippen LogP contribution < -0.4 is 5.73 Å². The van der Waals surface area contributed by atoms with Gasteiger partial charge in [0.25, 0.3) is 5.91 Å². The first-order chi connectivity index (χ1) is 12.1. The van der Waals surface area contributed by atoms with Gasteiger partial charge in [0.1, 0.15) is 6.04 Å². The van der Waals surface area contributed by atoms with Gasteiger partial charge in [-0.25, -0.2) is 0 Å². The molecule has 0 spiro atoms. The SMILES string of the molecule is Cn1nc(C(=O)N2Cc3ccccc3C[C@H]2C(N)=O)c2ccccc21. The number of hydrogen-bond donors (Lipinski definition) is 1. The number of carbonyl (C=O) groups excluding carboxylic acids is 2. The highest BCUT2D eigenvalue weighted by molar-refractivity contribution is 6.06. The van der Waals surface area contributed by atoms with Crippen molar-refractivity contribution in [1.29, 1.82) is 0 Å². The number of hydrogen-bond acceptors (Lipinski definition) is 3. The van der Waals surface area contributed by atoms with Crippen LogP contribution in [0.1, 0.15) is 21.6 Å². The largest absolute Gasteiger partial charge is 0.368 e. The van der Waals surface area contributed by atoms with Gasteiger partial charge in [-0.2, -0.15) is 5.10 Å². The topological polar surface area (TPSA) is 81.2 Å². The van der Waals surface area contributed by atoms with Crippen LogP contribution in [-0.2, 0) is 24.8 Å². The van der Waals surface area contributed by atoms with E-state index in [2.05, 4.69) is 5.10 Å². The van der Waals surface area contributed by atoms with E-state index < -0.39 is 11.9 Å². The number of aryl methyl sites for hydroxylation is 1. The van der Waals surface area contributed by atoms with E-state index in [0.717, 1.165) is 22.0 Å². The zero-order valence-electron chi connectivity index (χ0n) is 13.8. The molecule has 126 valence electrons. The summed E-state index contributed by atoms with van der Waals surface area (Å²) in [4.78, 5) is 26.7. The van der Waals surface area contributed by atoms with Gasteiger partial charge in [0.15, 0.2) is 5.69 Å². The van der Waals surface area contributed by atoms with Gasteiger partial charge in [0.05, 0.1) is 5.52 Å². The van der Waals surface area contributed by atoms with Crippen molar-refractivity contribution in [2.24, 2.45) is 12.8 Å². The lowest BCUT2D eigenvalue weighted by Gasteiger charge is -2.34. The maximum absolute atomic E-state index is 13.2. The molecule has 1 aliphatic rings. The maximum atomic E-state index is 13.2. The average molecular weight is 334 g/mol. The molecule has 2 amide bonds. The Balaban J connectivity index is 1.78. The van der Waals surface area contributed by atoms with Gasteiger partial charge in [-0.1, -0.05) is 42.5 Å². The quantitative estimate of drug-likeness (QED) is 0.773. The van der Waals surface area contributed by atoms with Crippen LogP contribution in [0.25, 0.3) is 10.9 Å². The van der Waals surface area contributed by atoms with Crippen molar-refractivity contribution in [3.63, 3.8) is 0 Å². The molecule has 4 rings (SSSR count). The van der Waals surface area contributed by atoms with E-state index >= 15 is 0 Å². The summed E-state index contributed by atoms with van der Waals surface area (Å²) in [6, 6.07) is 14.7. The zero-order chi connectivity index (χ0) is 17.6. The first kappa shape index (κ1) is 15.4. The fourth-order valence-corrected chi connectivity index (χ4v) is 3.50. The van der Waals surface area contributed by atoms with Crippen LogP contribution in [0.15, 0.2) is 48.5 Å². The van der Waals surface area contributed by atoms with E-state index in [1.807, 2.05) is 48.5 Å². The van der Waals surface area contributed by atoms with Crippen LogP contribution in [-0.4, -0.2) is 32.5 Å². The van der Waals surface area contributed by atoms with Crippen LogP contribution in [0.4, 0.5) is 0 Å². The summed E-state index contributed by atoms with van der Waals surface area (Å²) in [5.41, 5.74) is 8.91. The first-order valence-electron chi connectivity index (χ1n) is 8.15. The normalized spacial score (nSPS) is 16.7. The number of para-hydroxylation sites is 1. The number of aromatic nitrogens is 2. The third-order valence-electron chi connectivity index (χ3n) is 4.80. The van der Waals surface area contributed by atoms with Gasteiger partial charge in [-0.3, -0.25) is 14.3 Å². The summed E-state index contributed by atoms with van der Waals surface area (Å²) in [7, 11) is 1.80. The molecule has 25 heavy (non-hydrogen) atoms. The van der Waals surface area contributed by atoms with Crippen molar-refractivity contribution in [3.8, 4) is 0 Å². The summed E-state index contributed by atoms with van der Waals surface area (Å²) in [6.45, 7) is 0.355. The van der Waals surface area contributed by atoms with Gasteiger partial charge < -0.3 is 10.6 Å². The number of primary amides is 1. The van der Waals surface area contributed by atoms with Gasteiger partial charge in [0, 0.05) is 25.4 Å². The molecule has 1 aromatic heterocycles. The molecule has 6 nitrogen and oxygen atoms in total. The fraction of sp³-hybridized carbons (Fsp3) is 0.211. The van der Waals surface area contributed by atoms with Gasteiger partial charge in [-0.05, 0) is 17.2 Å². The van der Waals surface area contributed by atoms with Crippen LogP contribution in [0, 0.1) is 0 Å². The molecule has 2 aromatic carbocycles. The third kappa shape index (κ3) is 2.46. The van der Waals surface area contributed by atoms with Crippen LogP contribution in [0.3, 0.4) is 0 Å². The molecule has 2 heterocycles. The van der Waals surface area contributed by atoms with Gasteiger partial charge in [-0.15, -0.1) is 0 Å². The molecule has 0 aliphatic carbocycles. The predicted molar refractivity (Wildman–Crippen MR) is 93.7 cm³/mol. The average Bonchev–Trinajstić information content (AvgIpc) is 2.97. The van der Waals surface area contributed by atoms with Crippen molar-refractivity contribution in [3.05, 3.63) is 65.4 Å². The summed E-state index contributed by atoms with van der Waals surface area (Å²) < 4.78 is 1.68. The number of carbonyl (C=O) groups is 2. The third-order valence-corrected chi connectivity index (χ3v) is 4.80. The maximum Gasteiger partial charge on any atom is 0.275 e. The van der Waals surface area contributed by atoms with E-state index in [1.54, 1.807) is 16.6 Å². The Morgan fingerprint density at radius 2 is 1.76 bits per heavy atom. The summed E-state index contributed by atoms with van der Waals surface area (Å²) >= 11 is 0. The van der Waals surface area contributed by atoms with E-state index in [-0.39, 0.29) is 5.91 Å². The predicted octanol–water partition coefficient (Wildman–Crippen LogP) is 1.63. The molecular weight excluding hydrogens is 316 g/mol. The Morgan fingerprint density at radius 3 is 2.52 bits per heavy atom. The molecule has 1 aliphatic heterocycles. The second kappa shape index (κ2) is 5.73. The van der Waals surface area contributed by atoms with Crippen molar-refractivity contribution >= 4 is 22.7 Å². The Bertz CT molecular complexity index is 992. The number of nitrogens with zero attached hydrogens (tertiary/aromatic N) is 3. The highest BCUT2D eigenvalue weighted by Gasteiger charge is 2.35. The number of fused-ring (bicyclic) bond motifs is 2. The summed E-state index contributed by atoms with van der Waals surface area (Å²) in [5.74, 6) is -0.766. The van der Waals surface area contributed by atoms with E-state index in [4.69, 9.17) is 5.73 Å². The molecule has 6 heteroatoms. The Labute approximate surface area is 144 Å². The second-order valence-corrected chi connectivity index (χ2v) is 6.31. The van der Waals surface area contributed by atoms with Crippen molar-refractivity contribution in [2.45, 2.75) is 19.0 Å². The van der Waals surface area contributed by atoms with Crippen molar-refractivity contribution in [2.75, 3.05) is 0 Å². The minimum Gasteiger partial charge on any atom is -0.368 e. The second-order valence-electron chi connectivity index (χ2n) is 6.31. The number of rotatable bonds is 2.